The second-order valence-corrected chi connectivity index (χ2v) is 8.40. The summed E-state index contributed by atoms with van der Waals surface area (Å²) in [6, 6.07) is 22.2. The smallest absolute Gasteiger partial charge is 0.266 e. The van der Waals surface area contributed by atoms with Gasteiger partial charge in [-0.2, -0.15) is 0 Å². The van der Waals surface area contributed by atoms with Crippen LogP contribution >= 0.6 is 11.6 Å². The van der Waals surface area contributed by atoms with E-state index < -0.39 is 18.1 Å². The molecule has 2 amide bonds. The van der Waals surface area contributed by atoms with Crippen LogP contribution in [0.5, 0.6) is 0 Å². The van der Waals surface area contributed by atoms with Crippen LogP contribution in [0.2, 0.25) is 5.02 Å². The lowest BCUT2D eigenvalue weighted by Gasteiger charge is -2.29. The molecule has 2 aliphatic rings. The average Bonchev–Trinajstić information content (AvgIpc) is 3.27. The Hall–Kier alpha value is -3.15. The summed E-state index contributed by atoms with van der Waals surface area (Å²) in [6.45, 7) is 3.82. The van der Waals surface area contributed by atoms with E-state index in [9.17, 15) is 9.59 Å². The number of rotatable bonds is 3. The molecule has 0 saturated carbocycles. The molecule has 5 rings (SSSR count). The van der Waals surface area contributed by atoms with Crippen molar-refractivity contribution in [2.45, 2.75) is 26.0 Å². The second kappa shape index (κ2) is 7.52. The van der Waals surface area contributed by atoms with Gasteiger partial charge in [0.1, 0.15) is 5.92 Å². The molecule has 0 aliphatic carbocycles. The monoisotopic (exact) mass is 432 g/mol. The highest BCUT2D eigenvalue weighted by Gasteiger charge is 2.60. The number of aryl methyl sites for hydroxylation is 2. The summed E-state index contributed by atoms with van der Waals surface area (Å²) in [5.74, 6) is -1.23. The van der Waals surface area contributed by atoms with Crippen molar-refractivity contribution in [1.82, 2.24) is 0 Å². The van der Waals surface area contributed by atoms with Crippen molar-refractivity contribution in [3.63, 3.8) is 0 Å². The van der Waals surface area contributed by atoms with Crippen molar-refractivity contribution < 1.29 is 14.4 Å². The number of nitrogens with zero attached hydrogens (tertiary/aromatic N) is 2. The van der Waals surface area contributed by atoms with Crippen molar-refractivity contribution in [3.05, 3.63) is 94.5 Å². The van der Waals surface area contributed by atoms with Crippen molar-refractivity contribution in [1.29, 1.82) is 0 Å². The first-order valence-corrected chi connectivity index (χ1v) is 10.6. The molecule has 0 N–H and O–H groups in total. The van der Waals surface area contributed by atoms with E-state index in [-0.39, 0.29) is 11.8 Å². The molecule has 0 aromatic heterocycles. The molecule has 2 heterocycles. The summed E-state index contributed by atoms with van der Waals surface area (Å²) in [5.41, 5.74) is 4.06. The molecular formula is C25H21ClN2O3. The van der Waals surface area contributed by atoms with Crippen LogP contribution in [0.25, 0.3) is 0 Å². The first kappa shape index (κ1) is 19.8. The predicted molar refractivity (Wildman–Crippen MR) is 120 cm³/mol. The van der Waals surface area contributed by atoms with E-state index in [1.165, 1.54) is 4.90 Å². The number of hydroxylamine groups is 1. The van der Waals surface area contributed by atoms with Crippen molar-refractivity contribution in [2.75, 3.05) is 9.96 Å². The minimum atomic E-state index is -0.882. The minimum Gasteiger partial charge on any atom is -0.273 e. The van der Waals surface area contributed by atoms with E-state index in [4.69, 9.17) is 16.4 Å². The van der Waals surface area contributed by atoms with Crippen LogP contribution in [-0.2, 0) is 14.4 Å². The molecule has 2 fully saturated rings. The number of anilines is 2. The van der Waals surface area contributed by atoms with Gasteiger partial charge in [0.15, 0.2) is 6.10 Å². The van der Waals surface area contributed by atoms with E-state index in [0.29, 0.717) is 10.7 Å². The fraction of sp³-hybridized carbons (Fsp3) is 0.200. The number of hydrogen-bond donors (Lipinski definition) is 0. The van der Waals surface area contributed by atoms with Gasteiger partial charge in [0.05, 0.1) is 17.4 Å². The molecule has 3 atom stereocenters. The van der Waals surface area contributed by atoms with Gasteiger partial charge in [-0.05, 0) is 54.8 Å². The molecule has 2 aliphatic heterocycles. The Bertz CT molecular complexity index is 1140. The van der Waals surface area contributed by atoms with Crippen molar-refractivity contribution >= 4 is 34.8 Å². The fourth-order valence-corrected chi connectivity index (χ4v) is 4.72. The van der Waals surface area contributed by atoms with Gasteiger partial charge in [-0.15, -0.1) is 0 Å². The number of para-hydroxylation sites is 2. The Balaban J connectivity index is 1.61. The Morgan fingerprint density at radius 2 is 1.45 bits per heavy atom. The lowest BCUT2D eigenvalue weighted by atomic mass is 9.90. The molecule has 0 unspecified atom stereocenters. The van der Waals surface area contributed by atoms with Crippen LogP contribution in [0.3, 0.4) is 0 Å². The maximum Gasteiger partial charge on any atom is 0.266 e. The summed E-state index contributed by atoms with van der Waals surface area (Å²) in [7, 11) is 0. The number of carbonyl (C=O) groups excluding carboxylic acids is 2. The van der Waals surface area contributed by atoms with Gasteiger partial charge in [0.2, 0.25) is 5.91 Å². The highest BCUT2D eigenvalue weighted by atomic mass is 35.5. The molecule has 5 nitrogen and oxygen atoms in total. The molecule has 0 spiro atoms. The molecule has 0 bridgehead atoms. The van der Waals surface area contributed by atoms with Gasteiger partial charge in [0, 0.05) is 5.02 Å². The third-order valence-corrected chi connectivity index (χ3v) is 6.25. The van der Waals surface area contributed by atoms with Crippen LogP contribution in [0, 0.1) is 19.8 Å². The van der Waals surface area contributed by atoms with E-state index >= 15 is 0 Å². The van der Waals surface area contributed by atoms with E-state index in [0.717, 1.165) is 22.4 Å². The van der Waals surface area contributed by atoms with E-state index in [1.54, 1.807) is 17.2 Å². The molecule has 6 heteroatoms. The summed E-state index contributed by atoms with van der Waals surface area (Å²) >= 11 is 6.10. The van der Waals surface area contributed by atoms with Gasteiger partial charge >= 0.3 is 0 Å². The zero-order valence-corrected chi connectivity index (χ0v) is 17.9. The van der Waals surface area contributed by atoms with Crippen molar-refractivity contribution in [3.8, 4) is 0 Å². The summed E-state index contributed by atoms with van der Waals surface area (Å²) in [6.07, 6.45) is -0.882. The molecule has 3 aromatic rings. The zero-order chi connectivity index (χ0) is 21.7. The first-order valence-electron chi connectivity index (χ1n) is 10.2. The van der Waals surface area contributed by atoms with Crippen molar-refractivity contribution in [2.24, 2.45) is 5.92 Å². The summed E-state index contributed by atoms with van der Waals surface area (Å²) < 4.78 is 0. The molecule has 2 saturated heterocycles. The largest absolute Gasteiger partial charge is 0.273 e. The third kappa shape index (κ3) is 3.12. The van der Waals surface area contributed by atoms with E-state index in [1.807, 2.05) is 74.5 Å². The molecular weight excluding hydrogens is 412 g/mol. The maximum absolute atomic E-state index is 13.7. The standard InChI is InChI=1S/C25H21ClN2O3/c1-15-7-6-8-16(2)21(15)27-24(29)20-22(17-11-13-18(26)14-12-17)28(31-23(20)25(27)30)19-9-4-3-5-10-19/h3-14,20,22-23H,1-2H3/t20-,22-,23-/m0/s1. The topological polar surface area (TPSA) is 49.9 Å². The normalized spacial score (nSPS) is 22.9. The molecule has 31 heavy (non-hydrogen) atoms. The number of halogens is 1. The lowest BCUT2D eigenvalue weighted by Crippen LogP contribution is -2.38. The first-order chi connectivity index (χ1) is 15.0. The van der Waals surface area contributed by atoms with Crippen LogP contribution < -0.4 is 9.96 Å². The Morgan fingerprint density at radius 3 is 2.10 bits per heavy atom. The number of benzene rings is 3. The number of fused-ring (bicyclic) bond motifs is 1. The fourth-order valence-electron chi connectivity index (χ4n) is 4.59. The van der Waals surface area contributed by atoms with Gasteiger partial charge in [0.25, 0.3) is 5.91 Å². The highest BCUT2D eigenvalue weighted by molar-refractivity contribution is 6.30. The van der Waals surface area contributed by atoms with Gasteiger partial charge in [-0.25, -0.2) is 9.96 Å². The minimum absolute atomic E-state index is 0.245. The lowest BCUT2D eigenvalue weighted by molar-refractivity contribution is -0.126. The maximum atomic E-state index is 13.7. The summed E-state index contributed by atoms with van der Waals surface area (Å²) in [4.78, 5) is 34.6. The SMILES string of the molecule is Cc1cccc(C)c1N1C(=O)[C@@H]2[C@H](ON(c3ccccc3)[C@H]2c2ccc(Cl)cc2)C1=O. The number of hydrogen-bond acceptors (Lipinski definition) is 4. The third-order valence-electron chi connectivity index (χ3n) is 6.00. The average molecular weight is 433 g/mol. The number of amides is 2. The Morgan fingerprint density at radius 1 is 0.806 bits per heavy atom. The quantitative estimate of drug-likeness (QED) is 0.546. The molecule has 0 radical (unpaired) electrons. The van der Waals surface area contributed by atoms with E-state index in [2.05, 4.69) is 0 Å². The van der Waals surface area contributed by atoms with Crippen LogP contribution in [0.1, 0.15) is 22.7 Å². The molecule has 3 aromatic carbocycles. The van der Waals surface area contributed by atoms with Gasteiger partial charge in [-0.1, -0.05) is 60.1 Å². The van der Waals surface area contributed by atoms with Crippen LogP contribution in [-0.4, -0.2) is 17.9 Å². The zero-order valence-electron chi connectivity index (χ0n) is 17.2. The Kier molecular flexibility index (Phi) is 4.80. The van der Waals surface area contributed by atoms with Gasteiger partial charge in [-0.3, -0.25) is 14.4 Å². The number of carbonyl (C=O) groups is 2. The number of imide groups is 1. The van der Waals surface area contributed by atoms with Crippen LogP contribution in [0.4, 0.5) is 11.4 Å². The highest BCUT2D eigenvalue weighted by Crippen LogP contribution is 2.48. The van der Waals surface area contributed by atoms with Crippen LogP contribution in [0.15, 0.2) is 72.8 Å². The predicted octanol–water partition coefficient (Wildman–Crippen LogP) is 5.01. The van der Waals surface area contributed by atoms with Gasteiger partial charge < -0.3 is 0 Å². The second-order valence-electron chi connectivity index (χ2n) is 7.96. The molecule has 156 valence electrons. The summed E-state index contributed by atoms with van der Waals surface area (Å²) in [5, 5.41) is 2.30. The Labute approximate surface area is 185 Å².